The summed E-state index contributed by atoms with van der Waals surface area (Å²) in [6.45, 7) is 1.75. The topological polar surface area (TPSA) is 75.3 Å². The Morgan fingerprint density at radius 3 is 2.50 bits per heavy atom. The van der Waals surface area contributed by atoms with Crippen molar-refractivity contribution < 1.29 is 13.2 Å². The number of carbonyl (C=O) groups excluding carboxylic acids is 1. The standard InChI is InChI=1S/C13H14N2O3S2/c1-10(16)14-9-12-7-8-13(19-12)20(17,18)15-11-5-3-2-4-6-11/h2-8,15H,9H2,1H3,(H,14,16). The molecule has 2 N–H and O–H groups in total. The van der Waals surface area contributed by atoms with Crippen LogP contribution < -0.4 is 10.0 Å². The van der Waals surface area contributed by atoms with Crippen LogP contribution in [0.3, 0.4) is 0 Å². The van der Waals surface area contributed by atoms with Gasteiger partial charge in [-0.3, -0.25) is 9.52 Å². The fourth-order valence-corrected chi connectivity index (χ4v) is 3.87. The molecule has 106 valence electrons. The molecule has 0 saturated carbocycles. The molecule has 1 heterocycles. The van der Waals surface area contributed by atoms with E-state index in [1.807, 2.05) is 6.07 Å². The summed E-state index contributed by atoms with van der Waals surface area (Å²) in [5.74, 6) is -0.148. The van der Waals surface area contributed by atoms with Gasteiger partial charge in [-0.2, -0.15) is 0 Å². The molecule has 0 aliphatic rings. The van der Waals surface area contributed by atoms with E-state index >= 15 is 0 Å². The molecule has 1 aromatic carbocycles. The van der Waals surface area contributed by atoms with Crippen LogP contribution in [0.2, 0.25) is 0 Å². The molecule has 0 saturated heterocycles. The van der Waals surface area contributed by atoms with E-state index in [4.69, 9.17) is 0 Å². The molecular formula is C13H14N2O3S2. The molecule has 2 aromatic rings. The van der Waals surface area contributed by atoms with E-state index in [9.17, 15) is 13.2 Å². The quantitative estimate of drug-likeness (QED) is 0.889. The normalized spacial score (nSPS) is 11.1. The molecule has 0 spiro atoms. The highest BCUT2D eigenvalue weighted by atomic mass is 32.2. The van der Waals surface area contributed by atoms with E-state index in [2.05, 4.69) is 10.0 Å². The number of sulfonamides is 1. The van der Waals surface area contributed by atoms with Crippen LogP contribution in [0.15, 0.2) is 46.7 Å². The van der Waals surface area contributed by atoms with E-state index in [1.165, 1.54) is 13.0 Å². The highest BCUT2D eigenvalue weighted by molar-refractivity contribution is 7.94. The van der Waals surface area contributed by atoms with Gasteiger partial charge in [0.05, 0.1) is 6.54 Å². The van der Waals surface area contributed by atoms with Crippen molar-refractivity contribution in [3.8, 4) is 0 Å². The summed E-state index contributed by atoms with van der Waals surface area (Å²) in [7, 11) is -3.58. The predicted molar refractivity (Wildman–Crippen MR) is 79.1 cm³/mol. The highest BCUT2D eigenvalue weighted by Crippen LogP contribution is 2.23. The lowest BCUT2D eigenvalue weighted by Crippen LogP contribution is -2.18. The molecule has 7 heteroatoms. The molecule has 1 amide bonds. The lowest BCUT2D eigenvalue weighted by Gasteiger charge is -2.05. The van der Waals surface area contributed by atoms with Crippen molar-refractivity contribution >= 4 is 33.0 Å². The molecule has 0 atom stereocenters. The third-order valence-electron chi connectivity index (χ3n) is 2.44. The molecule has 0 aliphatic heterocycles. The van der Waals surface area contributed by atoms with Gasteiger partial charge < -0.3 is 5.32 Å². The molecule has 0 unspecified atom stereocenters. The van der Waals surface area contributed by atoms with Crippen molar-refractivity contribution in [3.63, 3.8) is 0 Å². The third kappa shape index (κ3) is 3.82. The van der Waals surface area contributed by atoms with Crippen LogP contribution in [0.4, 0.5) is 5.69 Å². The summed E-state index contributed by atoms with van der Waals surface area (Å²) >= 11 is 1.14. The summed E-state index contributed by atoms with van der Waals surface area (Å²) in [5, 5.41) is 2.63. The minimum absolute atomic E-state index is 0.148. The highest BCUT2D eigenvalue weighted by Gasteiger charge is 2.16. The van der Waals surface area contributed by atoms with Crippen LogP contribution in [0.1, 0.15) is 11.8 Å². The molecule has 5 nitrogen and oxygen atoms in total. The Labute approximate surface area is 121 Å². The monoisotopic (exact) mass is 310 g/mol. The van der Waals surface area contributed by atoms with Crippen LogP contribution in [0, 0.1) is 0 Å². The van der Waals surface area contributed by atoms with Gasteiger partial charge in [0.1, 0.15) is 4.21 Å². The zero-order chi connectivity index (χ0) is 14.6. The SMILES string of the molecule is CC(=O)NCc1ccc(S(=O)(=O)Nc2ccccc2)s1. The number of benzene rings is 1. The average molecular weight is 310 g/mol. The van der Waals surface area contributed by atoms with E-state index in [-0.39, 0.29) is 10.1 Å². The van der Waals surface area contributed by atoms with Crippen LogP contribution in [0.5, 0.6) is 0 Å². The number of thiophene rings is 1. The maximum atomic E-state index is 12.2. The number of rotatable bonds is 5. The largest absolute Gasteiger partial charge is 0.351 e. The van der Waals surface area contributed by atoms with E-state index in [0.29, 0.717) is 12.2 Å². The van der Waals surface area contributed by atoms with Crippen molar-refractivity contribution in [2.24, 2.45) is 0 Å². The first-order valence-electron chi connectivity index (χ1n) is 5.88. The summed E-state index contributed by atoms with van der Waals surface area (Å²) in [5.41, 5.74) is 0.518. The zero-order valence-corrected chi connectivity index (χ0v) is 12.4. The van der Waals surface area contributed by atoms with Crippen molar-refractivity contribution in [2.75, 3.05) is 4.72 Å². The number of para-hydroxylation sites is 1. The lowest BCUT2D eigenvalue weighted by molar-refractivity contribution is -0.119. The summed E-state index contributed by atoms with van der Waals surface area (Å²) in [6, 6.07) is 11.9. The summed E-state index contributed by atoms with van der Waals surface area (Å²) in [4.78, 5) is 11.6. The number of nitrogens with one attached hydrogen (secondary N) is 2. The van der Waals surface area contributed by atoms with Crippen molar-refractivity contribution in [2.45, 2.75) is 17.7 Å². The Morgan fingerprint density at radius 2 is 1.85 bits per heavy atom. The van der Waals surface area contributed by atoms with Crippen LogP contribution in [-0.4, -0.2) is 14.3 Å². The number of hydrogen-bond donors (Lipinski definition) is 2. The van der Waals surface area contributed by atoms with Crippen molar-refractivity contribution in [1.82, 2.24) is 5.32 Å². The van der Waals surface area contributed by atoms with E-state index < -0.39 is 10.0 Å². The fraction of sp³-hybridized carbons (Fsp3) is 0.154. The van der Waals surface area contributed by atoms with E-state index in [0.717, 1.165) is 16.2 Å². The first-order chi connectivity index (χ1) is 9.47. The lowest BCUT2D eigenvalue weighted by atomic mass is 10.3. The van der Waals surface area contributed by atoms with Gasteiger partial charge in [-0.05, 0) is 24.3 Å². The maximum Gasteiger partial charge on any atom is 0.271 e. The Hall–Kier alpha value is -1.86. The van der Waals surface area contributed by atoms with Gasteiger partial charge in [-0.25, -0.2) is 8.42 Å². The molecule has 0 aliphatic carbocycles. The van der Waals surface area contributed by atoms with E-state index in [1.54, 1.807) is 30.3 Å². The first-order valence-corrected chi connectivity index (χ1v) is 8.18. The number of hydrogen-bond acceptors (Lipinski definition) is 4. The Kier molecular flexibility index (Phi) is 4.41. The number of carbonyl (C=O) groups is 1. The predicted octanol–water partition coefficient (Wildman–Crippen LogP) is 2.19. The van der Waals surface area contributed by atoms with Crippen molar-refractivity contribution in [3.05, 3.63) is 47.3 Å². The van der Waals surface area contributed by atoms with Gasteiger partial charge in [0, 0.05) is 17.5 Å². The molecule has 0 bridgehead atoms. The van der Waals surface area contributed by atoms with Gasteiger partial charge in [-0.15, -0.1) is 11.3 Å². The van der Waals surface area contributed by atoms with Crippen LogP contribution >= 0.6 is 11.3 Å². The number of amides is 1. The van der Waals surface area contributed by atoms with Gasteiger partial charge in [0.25, 0.3) is 10.0 Å². The Morgan fingerprint density at radius 1 is 1.15 bits per heavy atom. The second-order valence-corrected chi connectivity index (χ2v) is 7.18. The Bertz CT molecular complexity index is 693. The minimum atomic E-state index is -3.58. The summed E-state index contributed by atoms with van der Waals surface area (Å²) in [6.07, 6.45) is 0. The van der Waals surface area contributed by atoms with Gasteiger partial charge in [0.15, 0.2) is 0 Å². The maximum absolute atomic E-state index is 12.2. The van der Waals surface area contributed by atoms with Gasteiger partial charge in [-0.1, -0.05) is 18.2 Å². The average Bonchev–Trinajstić information content (AvgIpc) is 2.86. The van der Waals surface area contributed by atoms with Gasteiger partial charge >= 0.3 is 0 Å². The fourth-order valence-electron chi connectivity index (χ4n) is 1.52. The molecule has 20 heavy (non-hydrogen) atoms. The van der Waals surface area contributed by atoms with Gasteiger partial charge in [0.2, 0.25) is 5.91 Å². The number of anilines is 1. The molecule has 2 rings (SSSR count). The second-order valence-electron chi connectivity index (χ2n) is 4.10. The first kappa shape index (κ1) is 14.5. The second kappa shape index (κ2) is 6.06. The van der Waals surface area contributed by atoms with Crippen LogP contribution in [-0.2, 0) is 21.4 Å². The minimum Gasteiger partial charge on any atom is -0.351 e. The summed E-state index contributed by atoms with van der Waals surface area (Å²) < 4.78 is 27.1. The smallest absolute Gasteiger partial charge is 0.271 e. The zero-order valence-electron chi connectivity index (χ0n) is 10.8. The molecular weight excluding hydrogens is 296 g/mol. The Balaban J connectivity index is 2.12. The van der Waals surface area contributed by atoms with Crippen LogP contribution in [0.25, 0.3) is 0 Å². The molecule has 1 aromatic heterocycles. The molecule has 0 radical (unpaired) electrons. The third-order valence-corrected chi connectivity index (χ3v) is 5.40. The molecule has 0 fully saturated rings. The van der Waals surface area contributed by atoms with Crippen molar-refractivity contribution in [1.29, 1.82) is 0 Å².